The van der Waals surface area contributed by atoms with Crippen molar-refractivity contribution in [3.63, 3.8) is 0 Å². The largest absolute Gasteiger partial charge is 0.467 e. The molecule has 1 saturated carbocycles. The van der Waals surface area contributed by atoms with Gasteiger partial charge >= 0.3 is 5.69 Å². The van der Waals surface area contributed by atoms with Crippen LogP contribution >= 0.6 is 0 Å². The van der Waals surface area contributed by atoms with Gasteiger partial charge in [-0.15, -0.1) is 0 Å². The molecule has 0 amide bonds. The number of rotatable bonds is 5. The Labute approximate surface area is 155 Å². The second kappa shape index (κ2) is 5.93. The van der Waals surface area contributed by atoms with Crippen molar-refractivity contribution in [2.75, 3.05) is 0 Å². The lowest BCUT2D eigenvalue weighted by Crippen LogP contribution is -2.39. The first-order valence-corrected chi connectivity index (χ1v) is 9.98. The van der Waals surface area contributed by atoms with E-state index in [1.807, 2.05) is 6.92 Å². The molecule has 0 atom stereocenters. The molecule has 1 N–H and O–H groups in total. The Bertz CT molecular complexity index is 1250. The summed E-state index contributed by atoms with van der Waals surface area (Å²) in [5.74, 6) is 0.459. The first-order valence-electron chi connectivity index (χ1n) is 8.50. The summed E-state index contributed by atoms with van der Waals surface area (Å²) in [5, 5.41) is 0.160. The molecule has 1 aliphatic carbocycles. The molecule has 8 nitrogen and oxygen atoms in total. The number of sulfonamides is 1. The van der Waals surface area contributed by atoms with Gasteiger partial charge in [0.1, 0.15) is 5.76 Å². The summed E-state index contributed by atoms with van der Waals surface area (Å²) in [7, 11) is -2.21. The van der Waals surface area contributed by atoms with Gasteiger partial charge in [0, 0.05) is 12.6 Å². The number of hydrogen-bond acceptors (Lipinski definition) is 5. The van der Waals surface area contributed by atoms with Crippen molar-refractivity contribution in [1.82, 2.24) is 13.9 Å². The molecule has 1 aromatic carbocycles. The van der Waals surface area contributed by atoms with Crippen molar-refractivity contribution in [2.24, 2.45) is 7.05 Å². The van der Waals surface area contributed by atoms with E-state index in [-0.39, 0.29) is 16.8 Å². The molecule has 2 aromatic heterocycles. The van der Waals surface area contributed by atoms with Crippen molar-refractivity contribution in [2.45, 2.75) is 36.7 Å². The molecular formula is C18H19N3O5S. The summed E-state index contributed by atoms with van der Waals surface area (Å²) in [6.45, 7) is 1.81. The van der Waals surface area contributed by atoms with Gasteiger partial charge in [-0.25, -0.2) is 17.9 Å². The summed E-state index contributed by atoms with van der Waals surface area (Å²) in [4.78, 5) is 25.5. The third-order valence-electron chi connectivity index (χ3n) is 4.91. The fourth-order valence-corrected chi connectivity index (χ4v) is 4.52. The van der Waals surface area contributed by atoms with Gasteiger partial charge in [0.2, 0.25) is 10.0 Å². The summed E-state index contributed by atoms with van der Waals surface area (Å²) in [6.07, 6.45) is 3.02. The molecular weight excluding hydrogens is 370 g/mol. The second-order valence-electron chi connectivity index (χ2n) is 7.16. The standard InChI is InChI=1S/C18H19N3O5S/c1-18(7-8-18)19-27(24,25)13-5-6-15-14(10-13)16(22)21(17(23)20(15)2)11-12-4-3-9-26-12/h3-6,9-10,19H,7-8,11H2,1-2H3. The van der Waals surface area contributed by atoms with E-state index in [0.717, 1.165) is 17.4 Å². The molecule has 1 fully saturated rings. The molecule has 0 spiro atoms. The Balaban J connectivity index is 1.87. The second-order valence-corrected chi connectivity index (χ2v) is 8.84. The minimum absolute atomic E-state index is 0.00317. The maximum Gasteiger partial charge on any atom is 0.331 e. The maximum atomic E-state index is 12.9. The lowest BCUT2D eigenvalue weighted by Gasteiger charge is -2.14. The van der Waals surface area contributed by atoms with Crippen molar-refractivity contribution in [3.05, 3.63) is 63.2 Å². The van der Waals surface area contributed by atoms with E-state index in [0.29, 0.717) is 11.3 Å². The highest BCUT2D eigenvalue weighted by Gasteiger charge is 2.41. The lowest BCUT2D eigenvalue weighted by atomic mass is 10.2. The zero-order valence-electron chi connectivity index (χ0n) is 14.9. The van der Waals surface area contributed by atoms with E-state index in [1.165, 1.54) is 29.0 Å². The van der Waals surface area contributed by atoms with Crippen molar-refractivity contribution in [3.8, 4) is 0 Å². The minimum Gasteiger partial charge on any atom is -0.467 e. The first-order chi connectivity index (χ1) is 12.7. The third-order valence-corrected chi connectivity index (χ3v) is 6.54. The van der Waals surface area contributed by atoms with E-state index < -0.39 is 26.8 Å². The summed E-state index contributed by atoms with van der Waals surface area (Å²) < 4.78 is 35.5. The van der Waals surface area contributed by atoms with Gasteiger partial charge < -0.3 is 4.42 Å². The predicted octanol–water partition coefficient (Wildman–Crippen LogP) is 1.17. The molecule has 0 bridgehead atoms. The van der Waals surface area contributed by atoms with Crippen LogP contribution < -0.4 is 16.0 Å². The summed E-state index contributed by atoms with van der Waals surface area (Å²) in [6, 6.07) is 7.55. The quantitative estimate of drug-likeness (QED) is 0.706. The summed E-state index contributed by atoms with van der Waals surface area (Å²) in [5.41, 5.74) is -1.10. The molecule has 0 aliphatic heterocycles. The van der Waals surface area contributed by atoms with Crippen molar-refractivity contribution in [1.29, 1.82) is 0 Å². The van der Waals surface area contributed by atoms with Crippen LogP contribution in [0.1, 0.15) is 25.5 Å². The molecule has 9 heteroatoms. The van der Waals surface area contributed by atoms with Crippen LogP contribution in [0.4, 0.5) is 0 Å². The van der Waals surface area contributed by atoms with Crippen LogP contribution in [0.25, 0.3) is 10.9 Å². The lowest BCUT2D eigenvalue weighted by molar-refractivity contribution is 0.481. The number of aryl methyl sites for hydroxylation is 1. The van der Waals surface area contributed by atoms with Crippen LogP contribution in [0.5, 0.6) is 0 Å². The monoisotopic (exact) mass is 389 g/mol. The number of aromatic nitrogens is 2. The maximum absolute atomic E-state index is 12.9. The molecule has 0 unspecified atom stereocenters. The smallest absolute Gasteiger partial charge is 0.331 e. The average Bonchev–Trinajstić information content (AvgIpc) is 3.12. The zero-order chi connectivity index (χ0) is 19.4. The Hall–Kier alpha value is -2.65. The molecule has 0 radical (unpaired) electrons. The first kappa shape index (κ1) is 17.7. The van der Waals surface area contributed by atoms with Crippen molar-refractivity contribution >= 4 is 20.9 Å². The molecule has 1 aliphatic rings. The third kappa shape index (κ3) is 3.13. The molecule has 3 aromatic rings. The molecule has 142 valence electrons. The highest BCUT2D eigenvalue weighted by atomic mass is 32.2. The van der Waals surface area contributed by atoms with Gasteiger partial charge in [0.25, 0.3) is 5.56 Å². The van der Waals surface area contributed by atoms with Gasteiger partial charge in [-0.1, -0.05) is 0 Å². The number of benzene rings is 1. The van der Waals surface area contributed by atoms with Crippen LogP contribution in [-0.4, -0.2) is 23.1 Å². The van der Waals surface area contributed by atoms with Gasteiger partial charge in [0.05, 0.1) is 28.6 Å². The number of hydrogen-bond donors (Lipinski definition) is 1. The zero-order valence-corrected chi connectivity index (χ0v) is 15.7. The van der Waals surface area contributed by atoms with Crippen LogP contribution in [0, 0.1) is 0 Å². The highest BCUT2D eigenvalue weighted by Crippen LogP contribution is 2.36. The summed E-state index contributed by atoms with van der Waals surface area (Å²) >= 11 is 0. The SMILES string of the molecule is Cn1c(=O)n(Cc2ccco2)c(=O)c2cc(S(=O)(=O)NC3(C)CC3)ccc21. The Kier molecular flexibility index (Phi) is 3.90. The molecule has 4 rings (SSSR count). The molecule has 2 heterocycles. The van der Waals surface area contributed by atoms with E-state index in [2.05, 4.69) is 4.72 Å². The van der Waals surface area contributed by atoms with Crippen LogP contribution in [-0.2, 0) is 23.6 Å². The number of nitrogens with one attached hydrogen (secondary N) is 1. The molecule has 0 saturated heterocycles. The fourth-order valence-electron chi connectivity index (χ4n) is 3.03. The Morgan fingerprint density at radius 2 is 1.96 bits per heavy atom. The normalized spacial score (nSPS) is 15.9. The topological polar surface area (TPSA) is 103 Å². The van der Waals surface area contributed by atoms with E-state index in [4.69, 9.17) is 4.42 Å². The van der Waals surface area contributed by atoms with E-state index in [9.17, 15) is 18.0 Å². The Morgan fingerprint density at radius 1 is 1.22 bits per heavy atom. The van der Waals surface area contributed by atoms with Gasteiger partial charge in [0.15, 0.2) is 0 Å². The number of furan rings is 1. The predicted molar refractivity (Wildman–Crippen MR) is 99.2 cm³/mol. The highest BCUT2D eigenvalue weighted by molar-refractivity contribution is 7.89. The van der Waals surface area contributed by atoms with Crippen LogP contribution in [0.15, 0.2) is 55.5 Å². The minimum atomic E-state index is -3.75. The average molecular weight is 389 g/mol. The van der Waals surface area contributed by atoms with Crippen LogP contribution in [0.3, 0.4) is 0 Å². The van der Waals surface area contributed by atoms with Gasteiger partial charge in [-0.2, -0.15) is 0 Å². The molecule has 27 heavy (non-hydrogen) atoms. The van der Waals surface area contributed by atoms with E-state index >= 15 is 0 Å². The van der Waals surface area contributed by atoms with Crippen LogP contribution in [0.2, 0.25) is 0 Å². The number of fused-ring (bicyclic) bond motifs is 1. The van der Waals surface area contributed by atoms with Crippen molar-refractivity contribution < 1.29 is 12.8 Å². The Morgan fingerprint density at radius 3 is 2.59 bits per heavy atom. The number of nitrogens with zero attached hydrogens (tertiary/aromatic N) is 2. The van der Waals surface area contributed by atoms with Gasteiger partial charge in [-0.3, -0.25) is 13.9 Å². The van der Waals surface area contributed by atoms with Gasteiger partial charge in [-0.05, 0) is 50.1 Å². The fraction of sp³-hybridized carbons (Fsp3) is 0.333. The van der Waals surface area contributed by atoms with E-state index in [1.54, 1.807) is 19.2 Å².